The molecular weight excluding hydrogens is 260 g/mol. The fourth-order valence-corrected chi connectivity index (χ4v) is 4.41. The zero-order chi connectivity index (χ0) is 15.5. The van der Waals surface area contributed by atoms with Crippen molar-refractivity contribution >= 4 is 0 Å². The van der Waals surface area contributed by atoms with Gasteiger partial charge in [0.15, 0.2) is 0 Å². The van der Waals surface area contributed by atoms with Gasteiger partial charge in [-0.1, -0.05) is 26.2 Å². The summed E-state index contributed by atoms with van der Waals surface area (Å²) >= 11 is 0. The summed E-state index contributed by atoms with van der Waals surface area (Å²) in [4.78, 5) is 2.70. The van der Waals surface area contributed by atoms with Gasteiger partial charge in [-0.2, -0.15) is 0 Å². The molecule has 2 aliphatic rings. The highest BCUT2D eigenvalue weighted by atomic mass is 16.5. The second-order valence-corrected chi connectivity index (χ2v) is 8.02. The van der Waals surface area contributed by atoms with E-state index >= 15 is 0 Å². The molecule has 3 nitrogen and oxygen atoms in total. The predicted octanol–water partition coefficient (Wildman–Crippen LogP) is 3.43. The lowest BCUT2D eigenvalue weighted by molar-refractivity contribution is -0.0796. The van der Waals surface area contributed by atoms with E-state index in [0.29, 0.717) is 12.0 Å². The number of hydrogen-bond donors (Lipinski definition) is 1. The van der Waals surface area contributed by atoms with Gasteiger partial charge in [0.1, 0.15) is 0 Å². The van der Waals surface area contributed by atoms with Crippen molar-refractivity contribution in [3.63, 3.8) is 0 Å². The van der Waals surface area contributed by atoms with Crippen LogP contribution in [0.1, 0.15) is 66.7 Å². The van der Waals surface area contributed by atoms with Crippen LogP contribution in [0, 0.1) is 5.92 Å². The highest BCUT2D eigenvalue weighted by Gasteiger charge is 2.53. The first kappa shape index (κ1) is 17.2. The van der Waals surface area contributed by atoms with Crippen molar-refractivity contribution in [2.75, 3.05) is 26.2 Å². The SMILES string of the molecule is CCNC1C(CN2CCCCCCC2)C(C)(C)OC1(C)C. The van der Waals surface area contributed by atoms with E-state index in [9.17, 15) is 0 Å². The van der Waals surface area contributed by atoms with Gasteiger partial charge >= 0.3 is 0 Å². The second-order valence-electron chi connectivity index (χ2n) is 8.02. The molecule has 1 N–H and O–H groups in total. The van der Waals surface area contributed by atoms with Gasteiger partial charge in [0, 0.05) is 18.5 Å². The largest absolute Gasteiger partial charge is 0.368 e. The average molecular weight is 296 g/mol. The summed E-state index contributed by atoms with van der Waals surface area (Å²) in [6.45, 7) is 16.0. The van der Waals surface area contributed by atoms with Crippen LogP contribution in [0.25, 0.3) is 0 Å². The lowest BCUT2D eigenvalue weighted by Gasteiger charge is -2.35. The molecule has 3 heteroatoms. The molecule has 2 rings (SSSR count). The van der Waals surface area contributed by atoms with Gasteiger partial charge in [0.05, 0.1) is 11.2 Å². The van der Waals surface area contributed by atoms with E-state index in [2.05, 4.69) is 44.8 Å². The number of hydrogen-bond acceptors (Lipinski definition) is 3. The monoisotopic (exact) mass is 296 g/mol. The lowest BCUT2D eigenvalue weighted by Crippen LogP contribution is -2.51. The zero-order valence-corrected chi connectivity index (χ0v) is 14.9. The van der Waals surface area contributed by atoms with Crippen molar-refractivity contribution in [1.82, 2.24) is 10.2 Å². The van der Waals surface area contributed by atoms with Crippen LogP contribution >= 0.6 is 0 Å². The molecule has 0 spiro atoms. The third-order valence-electron chi connectivity index (χ3n) is 5.40. The molecule has 2 fully saturated rings. The lowest BCUT2D eigenvalue weighted by atomic mass is 9.82. The first-order valence-corrected chi connectivity index (χ1v) is 9.03. The van der Waals surface area contributed by atoms with E-state index in [1.807, 2.05) is 0 Å². The van der Waals surface area contributed by atoms with Crippen molar-refractivity contribution in [2.45, 2.75) is 84.0 Å². The summed E-state index contributed by atoms with van der Waals surface area (Å²) in [7, 11) is 0. The van der Waals surface area contributed by atoms with Crippen molar-refractivity contribution in [2.24, 2.45) is 5.92 Å². The summed E-state index contributed by atoms with van der Waals surface area (Å²) < 4.78 is 6.42. The molecule has 0 aromatic rings. The van der Waals surface area contributed by atoms with Crippen LogP contribution in [0.3, 0.4) is 0 Å². The molecule has 0 amide bonds. The second kappa shape index (κ2) is 6.97. The minimum absolute atomic E-state index is 0.0430. The van der Waals surface area contributed by atoms with Gasteiger partial charge in [-0.25, -0.2) is 0 Å². The van der Waals surface area contributed by atoms with Gasteiger partial charge in [-0.15, -0.1) is 0 Å². The Balaban J connectivity index is 2.06. The molecule has 0 radical (unpaired) electrons. The number of rotatable bonds is 4. The highest BCUT2D eigenvalue weighted by molar-refractivity contribution is 5.06. The quantitative estimate of drug-likeness (QED) is 0.860. The molecule has 2 heterocycles. The van der Waals surface area contributed by atoms with E-state index in [-0.39, 0.29) is 11.2 Å². The molecule has 0 aromatic heterocycles. The van der Waals surface area contributed by atoms with Gasteiger partial charge in [-0.3, -0.25) is 0 Å². The standard InChI is InChI=1S/C18H36N2O/c1-6-19-16-15(17(2,3)21-18(16,4)5)14-20-12-10-8-7-9-11-13-20/h15-16,19H,6-14H2,1-5H3. The van der Waals surface area contributed by atoms with Crippen molar-refractivity contribution in [1.29, 1.82) is 0 Å². The van der Waals surface area contributed by atoms with Gasteiger partial charge < -0.3 is 15.0 Å². The predicted molar refractivity (Wildman–Crippen MR) is 89.7 cm³/mol. The van der Waals surface area contributed by atoms with E-state index in [1.165, 1.54) is 51.7 Å². The molecule has 2 aliphatic heterocycles. The number of likely N-dealkylation sites (N-methyl/N-ethyl adjacent to an activating group) is 1. The van der Waals surface area contributed by atoms with Crippen molar-refractivity contribution in [3.05, 3.63) is 0 Å². The maximum atomic E-state index is 6.42. The van der Waals surface area contributed by atoms with E-state index < -0.39 is 0 Å². The smallest absolute Gasteiger partial charge is 0.0790 e. The molecule has 2 saturated heterocycles. The molecule has 124 valence electrons. The Hall–Kier alpha value is -0.120. The fourth-order valence-electron chi connectivity index (χ4n) is 4.41. The van der Waals surface area contributed by atoms with E-state index in [0.717, 1.165) is 6.54 Å². The summed E-state index contributed by atoms with van der Waals surface area (Å²) in [5, 5.41) is 3.71. The summed E-state index contributed by atoms with van der Waals surface area (Å²) in [6.07, 6.45) is 6.97. The molecule has 2 atom stereocenters. The highest BCUT2D eigenvalue weighted by Crippen LogP contribution is 2.42. The summed E-state index contributed by atoms with van der Waals surface area (Å²) in [6, 6.07) is 0.447. The Morgan fingerprint density at radius 3 is 2.10 bits per heavy atom. The Morgan fingerprint density at radius 1 is 0.952 bits per heavy atom. The van der Waals surface area contributed by atoms with Crippen molar-refractivity contribution in [3.8, 4) is 0 Å². The molecule has 0 aromatic carbocycles. The number of nitrogens with one attached hydrogen (secondary N) is 1. The van der Waals surface area contributed by atoms with Crippen molar-refractivity contribution < 1.29 is 4.74 Å². The molecule has 2 unspecified atom stereocenters. The zero-order valence-electron chi connectivity index (χ0n) is 14.9. The molecule has 0 bridgehead atoms. The molecular formula is C18H36N2O. The third kappa shape index (κ3) is 4.20. The first-order chi connectivity index (χ1) is 9.87. The van der Waals surface area contributed by atoms with Crippen LogP contribution in [0.5, 0.6) is 0 Å². The van der Waals surface area contributed by atoms with Gasteiger partial charge in [0.2, 0.25) is 0 Å². The van der Waals surface area contributed by atoms with Gasteiger partial charge in [0.25, 0.3) is 0 Å². The van der Waals surface area contributed by atoms with Crippen LogP contribution in [0.4, 0.5) is 0 Å². The minimum atomic E-state index is -0.0765. The van der Waals surface area contributed by atoms with Crippen LogP contribution in [-0.2, 0) is 4.74 Å². The van der Waals surface area contributed by atoms with Crippen LogP contribution in [0.15, 0.2) is 0 Å². The first-order valence-electron chi connectivity index (χ1n) is 9.03. The van der Waals surface area contributed by atoms with E-state index in [4.69, 9.17) is 4.74 Å². The van der Waals surface area contributed by atoms with Gasteiger partial charge in [-0.05, 0) is 60.2 Å². The fraction of sp³-hybridized carbons (Fsp3) is 1.00. The minimum Gasteiger partial charge on any atom is -0.368 e. The Labute approximate surface area is 131 Å². The maximum Gasteiger partial charge on any atom is 0.0790 e. The third-order valence-corrected chi connectivity index (χ3v) is 5.40. The maximum absolute atomic E-state index is 6.42. The Kier molecular flexibility index (Phi) is 5.72. The molecule has 21 heavy (non-hydrogen) atoms. The Morgan fingerprint density at radius 2 is 1.52 bits per heavy atom. The van der Waals surface area contributed by atoms with Crippen LogP contribution < -0.4 is 5.32 Å². The Bertz CT molecular complexity index is 319. The van der Waals surface area contributed by atoms with E-state index in [1.54, 1.807) is 0 Å². The normalized spacial score (nSPS) is 33.6. The average Bonchev–Trinajstić information content (AvgIpc) is 2.50. The number of nitrogens with zero attached hydrogens (tertiary/aromatic N) is 1. The topological polar surface area (TPSA) is 24.5 Å². The summed E-state index contributed by atoms with van der Waals surface area (Å²) in [5.74, 6) is 0.562. The number of likely N-dealkylation sites (tertiary alicyclic amines) is 1. The number of ether oxygens (including phenoxy) is 1. The van der Waals surface area contributed by atoms with Crippen LogP contribution in [0.2, 0.25) is 0 Å². The molecule has 0 saturated carbocycles. The van der Waals surface area contributed by atoms with Crippen LogP contribution in [-0.4, -0.2) is 48.3 Å². The summed E-state index contributed by atoms with van der Waals surface area (Å²) in [5.41, 5.74) is -0.119. The molecule has 0 aliphatic carbocycles.